The lowest BCUT2D eigenvalue weighted by Crippen LogP contribution is -2.54. The maximum Gasteiger partial charge on any atom is 0.410 e. The summed E-state index contributed by atoms with van der Waals surface area (Å²) in [5.74, 6) is -1.18. The summed E-state index contributed by atoms with van der Waals surface area (Å²) in [6, 6.07) is 1.30. The number of anilines is 1. The van der Waals surface area contributed by atoms with Gasteiger partial charge in [0.1, 0.15) is 11.9 Å². The van der Waals surface area contributed by atoms with Gasteiger partial charge in [-0.15, -0.1) is 0 Å². The van der Waals surface area contributed by atoms with Gasteiger partial charge in [-0.3, -0.25) is 9.69 Å². The first-order valence-corrected chi connectivity index (χ1v) is 5.72. The number of fused-ring (bicyclic) bond motifs is 1. The second-order valence-electron chi connectivity index (χ2n) is 4.33. The number of hydrogen-bond acceptors (Lipinski definition) is 2. The molecule has 2 N–H and O–H groups in total. The molecule has 0 aromatic heterocycles. The van der Waals surface area contributed by atoms with Crippen molar-refractivity contribution < 1.29 is 22.4 Å². The van der Waals surface area contributed by atoms with Crippen molar-refractivity contribution in [1.29, 1.82) is 0 Å². The van der Waals surface area contributed by atoms with Crippen LogP contribution >= 0.6 is 0 Å². The van der Waals surface area contributed by atoms with Crippen LogP contribution in [0.25, 0.3) is 0 Å². The van der Waals surface area contributed by atoms with Gasteiger partial charge in [-0.2, -0.15) is 13.2 Å². The van der Waals surface area contributed by atoms with E-state index >= 15 is 0 Å². The van der Waals surface area contributed by atoms with Gasteiger partial charge in [0.05, 0.1) is 0 Å². The zero-order valence-electron chi connectivity index (χ0n) is 9.88. The van der Waals surface area contributed by atoms with E-state index in [0.29, 0.717) is 10.5 Å². The van der Waals surface area contributed by atoms with Gasteiger partial charge in [-0.05, 0) is 30.2 Å². The molecule has 0 bridgehead atoms. The summed E-state index contributed by atoms with van der Waals surface area (Å²) in [6.07, 6.45) is -4.46. The summed E-state index contributed by atoms with van der Waals surface area (Å²) in [7, 11) is 0. The van der Waals surface area contributed by atoms with E-state index in [-0.39, 0.29) is 18.5 Å². The monoisotopic (exact) mass is 276 g/mol. The molecule has 1 atom stereocenters. The summed E-state index contributed by atoms with van der Waals surface area (Å²) in [4.78, 5) is 12.4. The van der Waals surface area contributed by atoms with Crippen molar-refractivity contribution in [1.82, 2.24) is 0 Å². The number of carbonyl (C=O) groups is 1. The molecule has 1 aliphatic rings. The lowest BCUT2D eigenvalue weighted by atomic mass is 9.99. The van der Waals surface area contributed by atoms with Crippen LogP contribution in [0, 0.1) is 5.82 Å². The van der Waals surface area contributed by atoms with Gasteiger partial charge >= 0.3 is 6.18 Å². The van der Waals surface area contributed by atoms with E-state index in [1.807, 2.05) is 0 Å². The van der Waals surface area contributed by atoms with E-state index in [2.05, 4.69) is 0 Å². The number of nitrogens with two attached hydrogens (primary N) is 1. The van der Waals surface area contributed by atoms with E-state index in [1.54, 1.807) is 0 Å². The van der Waals surface area contributed by atoms with Crippen molar-refractivity contribution >= 4 is 11.6 Å². The number of carbonyl (C=O) groups excluding carboxylic acids is 1. The number of aryl methyl sites for hydroxylation is 1. The Bertz CT molecular complexity index is 501. The third kappa shape index (κ3) is 2.56. The van der Waals surface area contributed by atoms with Crippen molar-refractivity contribution in [2.45, 2.75) is 25.1 Å². The van der Waals surface area contributed by atoms with Crippen LogP contribution in [0.1, 0.15) is 12.0 Å². The molecular weight excluding hydrogens is 264 g/mol. The molecule has 1 aromatic rings. The van der Waals surface area contributed by atoms with Crippen molar-refractivity contribution in [2.75, 3.05) is 11.4 Å². The van der Waals surface area contributed by atoms with E-state index in [1.165, 1.54) is 6.07 Å². The standard InChI is InChI=1S/C12H12F4N2O/c13-8-2-3-9-7(5-8)1-4-11(19)18(9)10(6-17)12(14,15)16/h2-3,5,10H,1,4,6,17H2. The van der Waals surface area contributed by atoms with Crippen molar-refractivity contribution in [3.8, 4) is 0 Å². The molecule has 2 rings (SSSR count). The van der Waals surface area contributed by atoms with E-state index < -0.39 is 30.5 Å². The molecule has 0 fully saturated rings. The Morgan fingerprint density at radius 2 is 2.00 bits per heavy atom. The number of rotatable bonds is 2. The molecule has 7 heteroatoms. The second kappa shape index (κ2) is 4.80. The minimum Gasteiger partial charge on any atom is -0.328 e. The Balaban J connectivity index is 2.48. The van der Waals surface area contributed by atoms with Gasteiger partial charge in [-0.1, -0.05) is 0 Å². The van der Waals surface area contributed by atoms with E-state index in [9.17, 15) is 22.4 Å². The molecule has 1 heterocycles. The molecule has 3 nitrogen and oxygen atoms in total. The molecule has 0 saturated carbocycles. The molecule has 0 radical (unpaired) electrons. The number of nitrogens with zero attached hydrogens (tertiary/aromatic N) is 1. The molecule has 1 amide bonds. The number of halogens is 4. The van der Waals surface area contributed by atoms with E-state index in [0.717, 1.165) is 12.1 Å². The third-order valence-electron chi connectivity index (χ3n) is 3.09. The average molecular weight is 276 g/mol. The first-order valence-electron chi connectivity index (χ1n) is 5.72. The minimum atomic E-state index is -4.62. The molecular formula is C12H12F4N2O. The fourth-order valence-electron chi connectivity index (χ4n) is 2.21. The summed E-state index contributed by atoms with van der Waals surface area (Å²) in [6.45, 7) is -0.730. The Labute approximate surface area is 107 Å². The predicted molar refractivity (Wildman–Crippen MR) is 61.1 cm³/mol. The fourth-order valence-corrected chi connectivity index (χ4v) is 2.21. The van der Waals surface area contributed by atoms with Crippen LogP contribution in [-0.4, -0.2) is 24.7 Å². The number of hydrogen-bond donors (Lipinski definition) is 1. The number of amides is 1. The highest BCUT2D eigenvalue weighted by atomic mass is 19.4. The Morgan fingerprint density at radius 3 is 2.58 bits per heavy atom. The molecule has 1 aromatic carbocycles. The zero-order chi connectivity index (χ0) is 14.2. The molecule has 19 heavy (non-hydrogen) atoms. The average Bonchev–Trinajstić information content (AvgIpc) is 2.31. The SMILES string of the molecule is NCC(N1C(=O)CCc2cc(F)ccc21)C(F)(F)F. The van der Waals surface area contributed by atoms with Gasteiger partial charge in [0.2, 0.25) is 5.91 Å². The lowest BCUT2D eigenvalue weighted by Gasteiger charge is -2.36. The molecule has 1 unspecified atom stereocenters. The smallest absolute Gasteiger partial charge is 0.328 e. The maximum atomic E-state index is 13.1. The Kier molecular flexibility index (Phi) is 3.49. The van der Waals surface area contributed by atoms with E-state index in [4.69, 9.17) is 5.73 Å². The zero-order valence-corrected chi connectivity index (χ0v) is 9.88. The summed E-state index contributed by atoms with van der Waals surface area (Å²) in [5, 5.41) is 0. The Morgan fingerprint density at radius 1 is 1.32 bits per heavy atom. The third-order valence-corrected chi connectivity index (χ3v) is 3.09. The molecule has 0 aliphatic carbocycles. The van der Waals surface area contributed by atoms with Gasteiger partial charge in [0, 0.05) is 18.7 Å². The Hall–Kier alpha value is -1.63. The van der Waals surface area contributed by atoms with Crippen LogP contribution in [0.4, 0.5) is 23.2 Å². The van der Waals surface area contributed by atoms with Gasteiger partial charge < -0.3 is 5.73 Å². The van der Waals surface area contributed by atoms with Gasteiger partial charge in [0.15, 0.2) is 0 Å². The maximum absolute atomic E-state index is 13.1. The van der Waals surface area contributed by atoms with Crippen LogP contribution < -0.4 is 10.6 Å². The summed E-state index contributed by atoms with van der Waals surface area (Å²) < 4.78 is 51.8. The largest absolute Gasteiger partial charge is 0.410 e. The van der Waals surface area contributed by atoms with Crippen LogP contribution in [0.3, 0.4) is 0 Å². The predicted octanol–water partition coefficient (Wildman–Crippen LogP) is 1.99. The van der Waals surface area contributed by atoms with Gasteiger partial charge in [0.25, 0.3) is 0 Å². The highest BCUT2D eigenvalue weighted by molar-refractivity contribution is 5.97. The molecule has 104 valence electrons. The van der Waals surface area contributed by atoms with Crippen molar-refractivity contribution in [3.05, 3.63) is 29.6 Å². The lowest BCUT2D eigenvalue weighted by molar-refractivity contribution is -0.152. The second-order valence-corrected chi connectivity index (χ2v) is 4.33. The number of benzene rings is 1. The molecule has 1 aliphatic heterocycles. The fraction of sp³-hybridized carbons (Fsp3) is 0.417. The molecule has 0 saturated heterocycles. The van der Waals surface area contributed by atoms with Crippen LogP contribution in [0.2, 0.25) is 0 Å². The van der Waals surface area contributed by atoms with Gasteiger partial charge in [-0.25, -0.2) is 4.39 Å². The van der Waals surface area contributed by atoms with Crippen LogP contribution in [-0.2, 0) is 11.2 Å². The first-order chi connectivity index (χ1) is 8.84. The van der Waals surface area contributed by atoms with Crippen molar-refractivity contribution in [3.63, 3.8) is 0 Å². The normalized spacial score (nSPS) is 17.3. The number of alkyl halides is 3. The highest BCUT2D eigenvalue weighted by Gasteiger charge is 2.46. The highest BCUT2D eigenvalue weighted by Crippen LogP contribution is 2.35. The first kappa shape index (κ1) is 13.8. The summed E-state index contributed by atoms with van der Waals surface area (Å²) in [5.41, 5.74) is 5.63. The quantitative estimate of drug-likeness (QED) is 0.840. The topological polar surface area (TPSA) is 46.3 Å². The molecule has 0 spiro atoms. The van der Waals surface area contributed by atoms with Crippen LogP contribution in [0.5, 0.6) is 0 Å². The summed E-state index contributed by atoms with van der Waals surface area (Å²) >= 11 is 0. The van der Waals surface area contributed by atoms with Crippen LogP contribution in [0.15, 0.2) is 18.2 Å². The van der Waals surface area contributed by atoms with Crippen molar-refractivity contribution in [2.24, 2.45) is 5.73 Å². The minimum absolute atomic E-state index is 0.0803.